The molecule has 0 spiro atoms. The monoisotopic (exact) mass is 2000 g/mol. The van der Waals surface area contributed by atoms with Gasteiger partial charge in [-0.1, -0.05) is 311 Å². The maximum Gasteiger partial charge on any atom is 0.225 e. The Morgan fingerprint density at radius 2 is 0.483 bits per heavy atom. The summed E-state index contributed by atoms with van der Waals surface area (Å²) < 4.78 is 5.33. The maximum atomic E-state index is 12.3. The normalized spacial score (nSPS) is 13.8. The number of piperidine rings is 1. The summed E-state index contributed by atoms with van der Waals surface area (Å²) in [5.41, 5.74) is 8.49. The van der Waals surface area contributed by atoms with Gasteiger partial charge in [0, 0.05) is 157 Å². The summed E-state index contributed by atoms with van der Waals surface area (Å²) in [5, 5.41) is 20.9. The number of hydrogen-bond donors (Lipinski definition) is 7. The molecule has 145 heavy (non-hydrogen) atoms. The van der Waals surface area contributed by atoms with Gasteiger partial charge in [-0.05, 0) is 202 Å². The van der Waals surface area contributed by atoms with E-state index in [0.29, 0.717) is 77.8 Å². The molecular weight excluding hydrogens is 1820 g/mol. The van der Waals surface area contributed by atoms with Crippen molar-refractivity contribution in [1.82, 2.24) is 61.7 Å². The number of amides is 6. The van der Waals surface area contributed by atoms with Gasteiger partial charge >= 0.3 is 0 Å². The molecule has 7 N–H and O–H groups in total. The van der Waals surface area contributed by atoms with Gasteiger partial charge < -0.3 is 61.6 Å². The second-order valence-corrected chi connectivity index (χ2v) is 46.4. The van der Waals surface area contributed by atoms with Crippen LogP contribution in [0.15, 0.2) is 146 Å². The topological polar surface area (TPSA) is 314 Å². The van der Waals surface area contributed by atoms with Crippen LogP contribution in [0.2, 0.25) is 0 Å². The number of likely N-dealkylation sites (tertiary alicyclic amines) is 2. The van der Waals surface area contributed by atoms with Crippen molar-refractivity contribution in [1.29, 1.82) is 0 Å². The molecule has 804 valence electrons. The average molecular weight is 2000 g/mol. The lowest BCUT2D eigenvalue weighted by molar-refractivity contribution is -0.129. The molecule has 0 aromatic heterocycles. The van der Waals surface area contributed by atoms with E-state index in [1.165, 1.54) is 58.3 Å². The summed E-state index contributed by atoms with van der Waals surface area (Å²) in [4.78, 5) is 156. The van der Waals surface area contributed by atoms with Crippen molar-refractivity contribution >= 4 is 70.1 Å². The first-order valence-electron chi connectivity index (χ1n) is 53.3. The third-order valence-electron chi connectivity index (χ3n) is 25.0. The molecule has 9 rings (SSSR count). The average Bonchev–Trinajstić information content (AvgIpc) is 1.86. The number of nitrogens with zero attached hydrogens (tertiary/aromatic N) is 5. The lowest BCUT2D eigenvalue weighted by atomic mass is 9.95. The number of carbonyl (C=O) groups excluding carboxylic acids is 12. The van der Waals surface area contributed by atoms with E-state index in [9.17, 15) is 57.5 Å². The first-order valence-corrected chi connectivity index (χ1v) is 53.3. The lowest BCUT2D eigenvalue weighted by Crippen LogP contribution is -2.36. The third-order valence-corrected chi connectivity index (χ3v) is 25.0. The summed E-state index contributed by atoms with van der Waals surface area (Å²) in [6, 6.07) is 45.3. The van der Waals surface area contributed by atoms with Crippen LogP contribution in [-0.2, 0) is 72.8 Å². The van der Waals surface area contributed by atoms with Gasteiger partial charge in [-0.2, -0.15) is 0 Å². The highest BCUT2D eigenvalue weighted by atomic mass is 16.5. The molecule has 3 fully saturated rings. The Hall–Kier alpha value is -10.1. The molecule has 3 saturated heterocycles. The second-order valence-electron chi connectivity index (χ2n) is 46.4. The SMILES string of the molecule is CC(C)(C)C(=O)NCc1ccc(C(=O)CCCN2CCCC2)cc1.CC(C)(C)C(=O)NCc1ccc(C(=O)CCCN2CCCCC2)cc1.CC(C)(C)C(=O)NCc1ccc(C(=O)CCCN2CCOCC2)cc1.CC(C)(C)CNCCCC(=O)c1ccc(CNC(=O)C(C)(C)C)cc1.CCN(CC)CCCC(=O)c1ccc(CNC(=O)C(C)(C)C)cc1.CN(C)CCCC(=O)c1ccc(CNC(=O)C(C)(C)C)cc1. The minimum atomic E-state index is -0.392. The molecule has 0 saturated carbocycles. The fourth-order valence-corrected chi connectivity index (χ4v) is 15.2. The Balaban J connectivity index is 0.000000363. The van der Waals surface area contributed by atoms with Crippen LogP contribution in [0.1, 0.15) is 364 Å². The van der Waals surface area contributed by atoms with E-state index in [4.69, 9.17) is 4.74 Å². The van der Waals surface area contributed by atoms with Crippen LogP contribution in [0.3, 0.4) is 0 Å². The Kier molecular flexibility index (Phi) is 56.9. The number of morpholine rings is 1. The quantitative estimate of drug-likeness (QED) is 0.0138. The van der Waals surface area contributed by atoms with E-state index in [0.717, 1.165) is 190 Å². The van der Waals surface area contributed by atoms with E-state index < -0.39 is 10.8 Å². The first kappa shape index (κ1) is 127. The van der Waals surface area contributed by atoms with Crippen molar-refractivity contribution < 1.29 is 62.3 Å². The van der Waals surface area contributed by atoms with E-state index in [1.807, 2.05) is 284 Å². The van der Waals surface area contributed by atoms with E-state index >= 15 is 0 Å². The first-order chi connectivity index (χ1) is 68.0. The van der Waals surface area contributed by atoms with Gasteiger partial charge in [0.25, 0.3) is 0 Å². The molecule has 25 nitrogen and oxygen atoms in total. The van der Waals surface area contributed by atoms with Gasteiger partial charge in [0.15, 0.2) is 34.7 Å². The van der Waals surface area contributed by atoms with Crippen molar-refractivity contribution in [3.05, 3.63) is 212 Å². The van der Waals surface area contributed by atoms with Gasteiger partial charge in [0.05, 0.1) is 13.2 Å². The Labute approximate surface area is 872 Å². The standard InChI is InChI=1S/C21H32N2O2.C21H34N2O2.C20H30N2O3.C20H30N2O2.C20H32N2O2.C18H28N2O2/c1-21(2,3)20(25)22-16-17-9-11-18(12-10-17)19(24)8-7-15-23-13-5-4-6-14-23;1-20(2,3)15-22-13-7-8-18(24)17-11-9-16(10-12-17)14-23-19(25)21(4,5)6;1-20(2,3)19(24)21-15-16-6-8-17(9-7-16)18(23)5-4-10-22-11-13-25-14-12-22;1-20(2,3)19(24)21-15-16-8-10-17(11-9-16)18(23)7-6-14-22-12-4-5-13-22;1-6-22(7-2)14-8-9-18(23)17-12-10-16(11-13-17)15-21-19(24)20(3,4)5;1-18(2,3)17(22)19-13-14-8-10-15(11-9-14)16(21)7-6-12-20(4)5/h9-12H,4-8,13-16H2,1-3H3,(H,22,25);9-12,22H,7-8,13-15H2,1-6H3,(H,23,25);6-9H,4-5,10-15H2,1-3H3,(H,21,24);8-11H,4-7,12-15H2,1-3H3,(H,21,24);10-13H,6-9,14-15H2,1-5H3,(H,21,24);8-11H,6-7,12-13H2,1-5H3,(H,19,22). The summed E-state index contributed by atoms with van der Waals surface area (Å²) >= 11 is 0. The third kappa shape index (κ3) is 54.9. The number of hydrogen-bond acceptors (Lipinski definition) is 19. The molecule has 0 unspecified atom stereocenters. The van der Waals surface area contributed by atoms with Crippen molar-refractivity contribution in [2.45, 2.75) is 308 Å². The highest BCUT2D eigenvalue weighted by Crippen LogP contribution is 2.24. The number of rotatable bonds is 45. The van der Waals surface area contributed by atoms with Gasteiger partial charge in [0.1, 0.15) is 0 Å². The summed E-state index contributed by atoms with van der Waals surface area (Å²) in [5.74, 6) is 1.29. The van der Waals surface area contributed by atoms with Crippen molar-refractivity contribution in [2.24, 2.45) is 37.9 Å². The molecule has 3 heterocycles. The predicted octanol–water partition coefficient (Wildman–Crippen LogP) is 20.3. The lowest BCUT2D eigenvalue weighted by Gasteiger charge is -2.26. The molecule has 6 aromatic rings. The van der Waals surface area contributed by atoms with E-state index in [2.05, 4.69) is 96.3 Å². The fraction of sp³-hybridized carbons (Fsp3) is 0.600. The molecule has 6 amide bonds. The molecular formula is C120H186N12O13. The number of nitrogens with one attached hydrogen (secondary N) is 7. The summed E-state index contributed by atoms with van der Waals surface area (Å²) in [6.07, 6.45) is 15.4. The minimum Gasteiger partial charge on any atom is -0.379 e. The fourth-order valence-electron chi connectivity index (χ4n) is 15.2. The van der Waals surface area contributed by atoms with Crippen LogP contribution < -0.4 is 37.2 Å². The predicted molar refractivity (Wildman–Crippen MR) is 590 cm³/mol. The molecule has 6 aromatic carbocycles. The number of Topliss-reactive ketones (excluding diaryl/α,β-unsaturated/α-hetero) is 6. The van der Waals surface area contributed by atoms with Gasteiger partial charge in [-0.3, -0.25) is 62.4 Å². The van der Waals surface area contributed by atoms with Crippen molar-refractivity contribution in [3.8, 4) is 0 Å². The van der Waals surface area contributed by atoms with E-state index in [-0.39, 0.29) is 97.2 Å². The number of carbonyl (C=O) groups is 12. The summed E-state index contributed by atoms with van der Waals surface area (Å²) in [6.45, 7) is 64.9. The molecule has 0 atom stereocenters. The van der Waals surface area contributed by atoms with Crippen molar-refractivity contribution in [2.75, 3.05) is 125 Å². The van der Waals surface area contributed by atoms with Gasteiger partial charge in [-0.15, -0.1) is 0 Å². The molecule has 0 bridgehead atoms. The molecule has 0 radical (unpaired) electrons. The molecule has 3 aliphatic heterocycles. The van der Waals surface area contributed by atoms with Gasteiger partial charge in [-0.25, -0.2) is 0 Å². The summed E-state index contributed by atoms with van der Waals surface area (Å²) in [7, 11) is 4.01. The maximum absolute atomic E-state index is 12.3. The molecule has 0 aliphatic carbocycles. The van der Waals surface area contributed by atoms with Gasteiger partial charge in [0.2, 0.25) is 35.4 Å². The second kappa shape index (κ2) is 64.9. The molecule has 25 heteroatoms. The highest BCUT2D eigenvalue weighted by molar-refractivity contribution is 5.99. The molecule has 3 aliphatic rings. The van der Waals surface area contributed by atoms with Crippen LogP contribution in [-0.4, -0.2) is 220 Å². The Bertz CT molecular complexity index is 4670. The largest absolute Gasteiger partial charge is 0.379 e. The Morgan fingerprint density at radius 3 is 0.697 bits per heavy atom. The number of benzene rings is 6. The van der Waals surface area contributed by atoms with Crippen LogP contribution in [0, 0.1) is 37.9 Å². The van der Waals surface area contributed by atoms with Crippen LogP contribution in [0.25, 0.3) is 0 Å². The zero-order valence-corrected chi connectivity index (χ0v) is 93.7. The minimum absolute atomic E-state index is 0.0235. The highest BCUT2D eigenvalue weighted by Gasteiger charge is 2.28. The van der Waals surface area contributed by atoms with Crippen LogP contribution in [0.5, 0.6) is 0 Å². The zero-order valence-electron chi connectivity index (χ0n) is 93.7. The Morgan fingerprint density at radius 1 is 0.276 bits per heavy atom. The smallest absolute Gasteiger partial charge is 0.225 e. The number of ether oxygens (including phenoxy) is 1. The van der Waals surface area contributed by atoms with E-state index in [1.54, 1.807) is 0 Å². The van der Waals surface area contributed by atoms with Crippen LogP contribution in [0.4, 0.5) is 0 Å². The van der Waals surface area contributed by atoms with Crippen LogP contribution >= 0.6 is 0 Å². The zero-order chi connectivity index (χ0) is 108. The van der Waals surface area contributed by atoms with Crippen molar-refractivity contribution in [3.63, 3.8) is 0 Å². The number of ketones is 6.